The Morgan fingerprint density at radius 2 is 2.33 bits per heavy atom. The number of aryl methyl sites for hydroxylation is 1. The van der Waals surface area contributed by atoms with Crippen LogP contribution in [0.2, 0.25) is 0 Å². The van der Waals surface area contributed by atoms with Crippen LogP contribution in [0.1, 0.15) is 12.6 Å². The third kappa shape index (κ3) is 2.86. The van der Waals surface area contributed by atoms with Crippen molar-refractivity contribution in [1.29, 1.82) is 5.26 Å². The van der Waals surface area contributed by atoms with Gasteiger partial charge in [0.15, 0.2) is 16.8 Å². The molecule has 0 aliphatic carbocycles. The number of amides is 1. The lowest BCUT2D eigenvalue weighted by Crippen LogP contribution is -2.26. The van der Waals surface area contributed by atoms with Crippen LogP contribution in [-0.4, -0.2) is 16.7 Å². The predicted octanol–water partition coefficient (Wildman–Crippen LogP) is 1.12. The van der Waals surface area contributed by atoms with Crippen molar-refractivity contribution in [2.24, 2.45) is 5.92 Å². The molecule has 0 aromatic carbocycles. The molecule has 0 radical (unpaired) electrons. The van der Waals surface area contributed by atoms with E-state index in [0.29, 0.717) is 5.13 Å². The van der Waals surface area contributed by atoms with Gasteiger partial charge in [-0.1, -0.05) is 0 Å². The van der Waals surface area contributed by atoms with Gasteiger partial charge in [0.2, 0.25) is 0 Å². The van der Waals surface area contributed by atoms with Gasteiger partial charge >= 0.3 is 0 Å². The topological polar surface area (TPSA) is 82.8 Å². The number of thiazole rings is 1. The van der Waals surface area contributed by atoms with Crippen LogP contribution >= 0.6 is 11.3 Å². The van der Waals surface area contributed by atoms with Crippen molar-refractivity contribution in [3.05, 3.63) is 11.1 Å². The molecule has 1 unspecified atom stereocenters. The van der Waals surface area contributed by atoms with Gasteiger partial charge in [-0.3, -0.25) is 9.59 Å². The monoisotopic (exact) mass is 223 g/mol. The Hall–Kier alpha value is -1.74. The molecule has 1 N–H and O–H groups in total. The Bertz CT molecular complexity index is 433. The summed E-state index contributed by atoms with van der Waals surface area (Å²) in [5, 5.41) is 13.2. The van der Waals surface area contributed by atoms with Crippen LogP contribution < -0.4 is 5.32 Å². The third-order valence-corrected chi connectivity index (χ3v) is 2.52. The average molecular weight is 223 g/mol. The van der Waals surface area contributed by atoms with Crippen molar-refractivity contribution < 1.29 is 9.59 Å². The van der Waals surface area contributed by atoms with Gasteiger partial charge in [-0.25, -0.2) is 4.98 Å². The largest absolute Gasteiger partial charge is 0.300 e. The van der Waals surface area contributed by atoms with Crippen molar-refractivity contribution in [1.82, 2.24) is 4.98 Å². The van der Waals surface area contributed by atoms with Crippen LogP contribution in [-0.2, 0) is 9.59 Å². The molecule has 1 heterocycles. The molecule has 78 valence electrons. The maximum Gasteiger partial charge on any atom is 0.251 e. The lowest BCUT2D eigenvalue weighted by molar-refractivity contribution is -0.127. The molecule has 1 aromatic rings. The number of ketones is 1. The molecule has 0 bridgehead atoms. The highest BCUT2D eigenvalue weighted by Crippen LogP contribution is 2.15. The standard InChI is InChI=1S/C9H9N3O2S/c1-5-4-15-9(11-5)12-8(14)7(3-10)6(2)13/h4,7H,1-2H3,(H,11,12,14). The molecule has 0 saturated carbocycles. The number of Topliss-reactive ketones (excluding diaryl/α,β-unsaturated/α-hetero) is 1. The summed E-state index contributed by atoms with van der Waals surface area (Å²) >= 11 is 1.25. The Kier molecular flexibility index (Phi) is 3.52. The number of nitriles is 1. The fraction of sp³-hybridized carbons (Fsp3) is 0.333. The minimum atomic E-state index is -1.26. The minimum Gasteiger partial charge on any atom is -0.300 e. The fourth-order valence-corrected chi connectivity index (χ4v) is 1.61. The number of carbonyl (C=O) groups excluding carboxylic acids is 2. The van der Waals surface area contributed by atoms with Crippen LogP contribution in [0.25, 0.3) is 0 Å². The summed E-state index contributed by atoms with van der Waals surface area (Å²) in [5.74, 6) is -2.35. The van der Waals surface area contributed by atoms with E-state index in [1.54, 1.807) is 18.4 Å². The van der Waals surface area contributed by atoms with E-state index >= 15 is 0 Å². The maximum absolute atomic E-state index is 11.4. The Morgan fingerprint density at radius 1 is 1.67 bits per heavy atom. The van der Waals surface area contributed by atoms with Gasteiger partial charge in [-0.2, -0.15) is 5.26 Å². The first-order valence-corrected chi connectivity index (χ1v) is 5.05. The van der Waals surface area contributed by atoms with E-state index in [4.69, 9.17) is 5.26 Å². The SMILES string of the molecule is CC(=O)C(C#N)C(=O)Nc1nc(C)cs1. The quantitative estimate of drug-likeness (QED) is 0.778. The normalized spacial score (nSPS) is 11.5. The molecule has 15 heavy (non-hydrogen) atoms. The molecule has 0 fully saturated rings. The van der Waals surface area contributed by atoms with E-state index in [1.165, 1.54) is 18.3 Å². The first kappa shape index (κ1) is 11.3. The van der Waals surface area contributed by atoms with Crippen molar-refractivity contribution in [3.8, 4) is 6.07 Å². The summed E-state index contributed by atoms with van der Waals surface area (Å²) in [7, 11) is 0. The second-order valence-corrected chi connectivity index (χ2v) is 3.81. The number of hydrogen-bond acceptors (Lipinski definition) is 5. The summed E-state index contributed by atoms with van der Waals surface area (Å²) in [6.07, 6.45) is 0. The molecule has 1 aromatic heterocycles. The third-order valence-electron chi connectivity index (χ3n) is 1.65. The van der Waals surface area contributed by atoms with Crippen molar-refractivity contribution in [2.75, 3.05) is 5.32 Å². The van der Waals surface area contributed by atoms with E-state index in [2.05, 4.69) is 10.3 Å². The average Bonchev–Trinajstić information content (AvgIpc) is 2.51. The zero-order valence-corrected chi connectivity index (χ0v) is 9.09. The van der Waals surface area contributed by atoms with Crippen LogP contribution in [0, 0.1) is 24.2 Å². The molecule has 0 saturated heterocycles. The summed E-state index contributed by atoms with van der Waals surface area (Å²) in [6, 6.07) is 1.64. The van der Waals surface area contributed by atoms with Crippen LogP contribution in [0.3, 0.4) is 0 Å². The number of anilines is 1. The van der Waals surface area contributed by atoms with Gasteiger partial charge in [-0.05, 0) is 13.8 Å². The second kappa shape index (κ2) is 4.66. The van der Waals surface area contributed by atoms with E-state index < -0.39 is 17.6 Å². The van der Waals surface area contributed by atoms with Gasteiger partial charge < -0.3 is 5.32 Å². The van der Waals surface area contributed by atoms with Gasteiger partial charge in [0.05, 0.1) is 11.8 Å². The molecular weight excluding hydrogens is 214 g/mol. The molecule has 0 aliphatic rings. The van der Waals surface area contributed by atoms with E-state index in [1.807, 2.05) is 0 Å². The molecular formula is C9H9N3O2S. The van der Waals surface area contributed by atoms with Gasteiger partial charge in [0.25, 0.3) is 5.91 Å². The summed E-state index contributed by atoms with van der Waals surface area (Å²) in [5.41, 5.74) is 0.784. The zero-order valence-electron chi connectivity index (χ0n) is 8.27. The van der Waals surface area contributed by atoms with E-state index in [0.717, 1.165) is 5.69 Å². The fourth-order valence-electron chi connectivity index (χ4n) is 0.923. The first-order valence-electron chi connectivity index (χ1n) is 4.17. The summed E-state index contributed by atoms with van der Waals surface area (Å²) in [4.78, 5) is 26.3. The number of rotatable bonds is 3. The molecule has 0 spiro atoms. The second-order valence-electron chi connectivity index (χ2n) is 2.96. The zero-order chi connectivity index (χ0) is 11.4. The van der Waals surface area contributed by atoms with Crippen molar-refractivity contribution >= 4 is 28.2 Å². The highest BCUT2D eigenvalue weighted by atomic mass is 32.1. The molecule has 1 atom stereocenters. The molecule has 5 nitrogen and oxygen atoms in total. The number of hydrogen-bond donors (Lipinski definition) is 1. The number of aromatic nitrogens is 1. The molecule has 1 rings (SSSR count). The molecule has 1 amide bonds. The van der Waals surface area contributed by atoms with Gasteiger partial charge in [0.1, 0.15) is 0 Å². The number of nitrogens with zero attached hydrogens (tertiary/aromatic N) is 2. The summed E-state index contributed by atoms with van der Waals surface area (Å²) < 4.78 is 0. The smallest absolute Gasteiger partial charge is 0.251 e. The van der Waals surface area contributed by atoms with Crippen molar-refractivity contribution in [2.45, 2.75) is 13.8 Å². The Morgan fingerprint density at radius 3 is 2.73 bits per heavy atom. The Balaban J connectivity index is 2.71. The van der Waals surface area contributed by atoms with Crippen LogP contribution in [0.15, 0.2) is 5.38 Å². The summed E-state index contributed by atoms with van der Waals surface area (Å²) in [6.45, 7) is 3.00. The molecule has 6 heteroatoms. The van der Waals surface area contributed by atoms with Gasteiger partial charge in [-0.15, -0.1) is 11.3 Å². The lowest BCUT2D eigenvalue weighted by atomic mass is 10.1. The van der Waals surface area contributed by atoms with E-state index in [9.17, 15) is 9.59 Å². The van der Waals surface area contributed by atoms with Crippen LogP contribution in [0.4, 0.5) is 5.13 Å². The lowest BCUT2D eigenvalue weighted by Gasteiger charge is -2.03. The van der Waals surface area contributed by atoms with Crippen molar-refractivity contribution in [3.63, 3.8) is 0 Å². The maximum atomic E-state index is 11.4. The molecule has 0 aliphatic heterocycles. The van der Waals surface area contributed by atoms with Gasteiger partial charge in [0, 0.05) is 5.38 Å². The van der Waals surface area contributed by atoms with E-state index in [-0.39, 0.29) is 0 Å². The highest BCUT2D eigenvalue weighted by Gasteiger charge is 2.23. The Labute approximate surface area is 90.7 Å². The predicted molar refractivity (Wildman–Crippen MR) is 55.3 cm³/mol. The minimum absolute atomic E-state index is 0.402. The first-order chi connectivity index (χ1) is 7.04. The highest BCUT2D eigenvalue weighted by molar-refractivity contribution is 7.13. The van der Waals surface area contributed by atoms with Crippen LogP contribution in [0.5, 0.6) is 0 Å². The number of nitrogens with one attached hydrogen (secondary N) is 1. The number of carbonyl (C=O) groups is 2.